The third-order valence-electron chi connectivity index (χ3n) is 4.23. The highest BCUT2D eigenvalue weighted by molar-refractivity contribution is 7.10. The Bertz CT molecular complexity index is 886. The van der Waals surface area contributed by atoms with E-state index in [2.05, 4.69) is 15.0 Å². The van der Waals surface area contributed by atoms with E-state index in [1.807, 2.05) is 30.8 Å². The number of nitrogens with zero attached hydrogens (tertiary/aromatic N) is 4. The molecule has 0 aromatic carbocycles. The van der Waals surface area contributed by atoms with E-state index in [4.69, 9.17) is 4.74 Å². The third kappa shape index (κ3) is 2.81. The molecular formula is C17H18N4O2S. The van der Waals surface area contributed by atoms with Crippen molar-refractivity contribution >= 4 is 23.0 Å². The van der Waals surface area contributed by atoms with Crippen molar-refractivity contribution in [1.29, 1.82) is 0 Å². The second-order valence-electron chi connectivity index (χ2n) is 5.83. The van der Waals surface area contributed by atoms with Gasteiger partial charge in [0.05, 0.1) is 18.4 Å². The molecule has 0 bridgehead atoms. The van der Waals surface area contributed by atoms with Crippen LogP contribution < -0.4 is 0 Å². The molecule has 0 amide bonds. The fraction of sp³-hybridized carbons (Fsp3) is 0.353. The Balaban J connectivity index is 1.49. The molecular weight excluding hydrogens is 324 g/mol. The van der Waals surface area contributed by atoms with E-state index in [1.165, 1.54) is 4.88 Å². The molecule has 124 valence electrons. The van der Waals surface area contributed by atoms with Crippen molar-refractivity contribution in [3.05, 3.63) is 51.6 Å². The molecule has 1 aliphatic heterocycles. The molecule has 7 heteroatoms. The van der Waals surface area contributed by atoms with E-state index < -0.39 is 0 Å². The molecule has 0 saturated heterocycles. The lowest BCUT2D eigenvalue weighted by Crippen LogP contribution is -2.30. The van der Waals surface area contributed by atoms with Gasteiger partial charge in [-0.2, -0.15) is 5.10 Å². The van der Waals surface area contributed by atoms with Crippen LogP contribution in [-0.4, -0.2) is 38.6 Å². The summed E-state index contributed by atoms with van der Waals surface area (Å²) in [7, 11) is 0. The molecule has 6 nitrogen and oxygen atoms in total. The summed E-state index contributed by atoms with van der Waals surface area (Å²) in [4.78, 5) is 20.1. The number of carbonyl (C=O) groups excluding carboxylic acids is 1. The number of ether oxygens (including phenoxy) is 1. The zero-order chi connectivity index (χ0) is 16.5. The van der Waals surface area contributed by atoms with E-state index in [-0.39, 0.29) is 5.97 Å². The summed E-state index contributed by atoms with van der Waals surface area (Å²) in [6, 6.07) is 1.89. The Morgan fingerprint density at radius 3 is 3.25 bits per heavy atom. The zero-order valence-corrected chi connectivity index (χ0v) is 14.3. The van der Waals surface area contributed by atoms with Gasteiger partial charge in [-0.1, -0.05) is 0 Å². The molecule has 3 aromatic rings. The predicted octanol–water partition coefficient (Wildman–Crippen LogP) is 2.53. The van der Waals surface area contributed by atoms with Crippen LogP contribution in [0.25, 0.3) is 5.65 Å². The first kappa shape index (κ1) is 15.3. The average Bonchev–Trinajstić information content (AvgIpc) is 3.20. The second kappa shape index (κ2) is 6.33. The lowest BCUT2D eigenvalue weighted by molar-refractivity contribution is 0.0525. The van der Waals surface area contributed by atoms with Crippen LogP contribution in [0.2, 0.25) is 0 Å². The lowest BCUT2D eigenvalue weighted by Gasteiger charge is -2.27. The van der Waals surface area contributed by atoms with Gasteiger partial charge in [0.15, 0.2) is 5.65 Å². The topological polar surface area (TPSA) is 59.7 Å². The van der Waals surface area contributed by atoms with E-state index >= 15 is 0 Å². The summed E-state index contributed by atoms with van der Waals surface area (Å²) >= 11 is 1.65. The maximum Gasteiger partial charge on any atom is 0.339 e. The molecule has 1 aliphatic rings. The van der Waals surface area contributed by atoms with Crippen LogP contribution in [0, 0.1) is 0 Å². The number of aromatic nitrogens is 3. The molecule has 0 radical (unpaired) electrons. The minimum Gasteiger partial charge on any atom is -0.462 e. The Hall–Kier alpha value is -2.25. The molecule has 0 fully saturated rings. The molecule has 4 rings (SSSR count). The molecule has 0 saturated carbocycles. The number of esters is 1. The Kier molecular flexibility index (Phi) is 4.03. The Morgan fingerprint density at radius 1 is 1.46 bits per heavy atom. The number of carbonyl (C=O) groups is 1. The molecule has 0 atom stereocenters. The molecule has 24 heavy (non-hydrogen) atoms. The van der Waals surface area contributed by atoms with Crippen LogP contribution in [0.4, 0.5) is 0 Å². The van der Waals surface area contributed by atoms with Crippen LogP contribution in [0.5, 0.6) is 0 Å². The largest absolute Gasteiger partial charge is 0.462 e. The molecule has 0 aliphatic carbocycles. The van der Waals surface area contributed by atoms with Crippen molar-refractivity contribution in [2.24, 2.45) is 0 Å². The first-order chi connectivity index (χ1) is 11.7. The normalized spacial score (nSPS) is 14.7. The van der Waals surface area contributed by atoms with Crippen molar-refractivity contribution < 1.29 is 9.53 Å². The van der Waals surface area contributed by atoms with Gasteiger partial charge >= 0.3 is 5.97 Å². The van der Waals surface area contributed by atoms with Crippen LogP contribution in [0.15, 0.2) is 30.0 Å². The van der Waals surface area contributed by atoms with Crippen molar-refractivity contribution in [3.8, 4) is 0 Å². The Morgan fingerprint density at radius 2 is 2.38 bits per heavy atom. The fourth-order valence-electron chi connectivity index (χ4n) is 3.08. The zero-order valence-electron chi connectivity index (χ0n) is 13.4. The van der Waals surface area contributed by atoms with Gasteiger partial charge < -0.3 is 4.74 Å². The predicted molar refractivity (Wildman–Crippen MR) is 91.1 cm³/mol. The molecule has 3 aromatic heterocycles. The van der Waals surface area contributed by atoms with Gasteiger partial charge in [-0.05, 0) is 18.9 Å². The first-order valence-electron chi connectivity index (χ1n) is 8.01. The monoisotopic (exact) mass is 342 g/mol. The van der Waals surface area contributed by atoms with Crippen molar-refractivity contribution in [2.75, 3.05) is 13.2 Å². The maximum absolute atomic E-state index is 12.0. The summed E-state index contributed by atoms with van der Waals surface area (Å²) in [5.41, 5.74) is 3.90. The van der Waals surface area contributed by atoms with Gasteiger partial charge in [0.2, 0.25) is 0 Å². The van der Waals surface area contributed by atoms with Crippen molar-refractivity contribution in [2.45, 2.75) is 26.4 Å². The summed E-state index contributed by atoms with van der Waals surface area (Å²) in [5, 5.41) is 6.17. The molecule has 0 unspecified atom stereocenters. The summed E-state index contributed by atoms with van der Waals surface area (Å²) < 4.78 is 6.94. The maximum atomic E-state index is 12.0. The van der Waals surface area contributed by atoms with Gasteiger partial charge in [-0.15, -0.1) is 11.3 Å². The molecule has 4 heterocycles. The van der Waals surface area contributed by atoms with Crippen LogP contribution in [-0.2, 0) is 24.2 Å². The average molecular weight is 342 g/mol. The third-order valence-corrected chi connectivity index (χ3v) is 5.24. The van der Waals surface area contributed by atoms with E-state index in [0.717, 1.165) is 48.4 Å². The van der Waals surface area contributed by atoms with Crippen LogP contribution >= 0.6 is 11.3 Å². The molecule has 0 N–H and O–H groups in total. The number of hydrogen-bond donors (Lipinski definition) is 0. The van der Waals surface area contributed by atoms with Gasteiger partial charge in [-0.25, -0.2) is 14.3 Å². The standard InChI is InChI=1S/C17H18N4O2S/c1-2-23-17(22)14-11-24-15-10-20(6-4-13(14)15)8-12-7-18-16-3-5-19-21(16)9-12/h3,5,7,9,11H,2,4,6,8,10H2,1H3. The van der Waals surface area contributed by atoms with Gasteiger partial charge in [-0.3, -0.25) is 4.90 Å². The van der Waals surface area contributed by atoms with Crippen LogP contribution in [0.3, 0.4) is 0 Å². The highest BCUT2D eigenvalue weighted by Gasteiger charge is 2.24. The summed E-state index contributed by atoms with van der Waals surface area (Å²) in [5.74, 6) is -0.197. The van der Waals surface area contributed by atoms with Gasteiger partial charge in [0.1, 0.15) is 0 Å². The van der Waals surface area contributed by atoms with E-state index in [0.29, 0.717) is 6.61 Å². The minimum atomic E-state index is -0.197. The highest BCUT2D eigenvalue weighted by Crippen LogP contribution is 2.29. The number of rotatable bonds is 4. The molecule has 0 spiro atoms. The second-order valence-corrected chi connectivity index (χ2v) is 6.79. The first-order valence-corrected chi connectivity index (χ1v) is 8.89. The van der Waals surface area contributed by atoms with Crippen molar-refractivity contribution in [1.82, 2.24) is 19.5 Å². The Labute approximate surface area is 143 Å². The highest BCUT2D eigenvalue weighted by atomic mass is 32.1. The number of fused-ring (bicyclic) bond motifs is 2. The van der Waals surface area contributed by atoms with Crippen molar-refractivity contribution in [3.63, 3.8) is 0 Å². The summed E-state index contributed by atoms with van der Waals surface area (Å²) in [6.45, 7) is 4.86. The minimum absolute atomic E-state index is 0.197. The number of thiophene rings is 1. The van der Waals surface area contributed by atoms with E-state index in [9.17, 15) is 4.79 Å². The van der Waals surface area contributed by atoms with Crippen LogP contribution in [0.1, 0.15) is 33.3 Å². The fourth-order valence-corrected chi connectivity index (χ4v) is 4.19. The lowest BCUT2D eigenvalue weighted by atomic mass is 10.0. The smallest absolute Gasteiger partial charge is 0.339 e. The number of hydrogen-bond acceptors (Lipinski definition) is 6. The quantitative estimate of drug-likeness (QED) is 0.682. The van der Waals surface area contributed by atoms with Gasteiger partial charge in [0.25, 0.3) is 0 Å². The summed E-state index contributed by atoms with van der Waals surface area (Å²) in [6.07, 6.45) is 6.56. The SMILES string of the molecule is CCOC(=O)c1csc2c1CCN(Cc1cnc3ccnn3c1)C2. The van der Waals surface area contributed by atoms with E-state index in [1.54, 1.807) is 22.0 Å². The van der Waals surface area contributed by atoms with Gasteiger partial charge in [0, 0.05) is 53.9 Å².